The van der Waals surface area contributed by atoms with Crippen molar-refractivity contribution in [2.45, 2.75) is 12.5 Å². The van der Waals surface area contributed by atoms with E-state index >= 15 is 0 Å². The molecule has 1 aromatic heterocycles. The molecule has 0 aromatic carbocycles. The van der Waals surface area contributed by atoms with E-state index in [0.717, 1.165) is 5.69 Å². The first-order valence-electron chi connectivity index (χ1n) is 4.64. The van der Waals surface area contributed by atoms with Crippen molar-refractivity contribution < 1.29 is 5.11 Å². The molecule has 0 aliphatic carbocycles. The fourth-order valence-electron chi connectivity index (χ4n) is 1.16. The number of nitrogens with zero attached hydrogens (tertiary/aromatic N) is 2. The van der Waals surface area contributed by atoms with E-state index in [1.165, 1.54) is 0 Å². The number of nitriles is 1. The summed E-state index contributed by atoms with van der Waals surface area (Å²) in [4.78, 5) is 3.91. The van der Waals surface area contributed by atoms with E-state index in [0.29, 0.717) is 12.1 Å². The molecule has 0 amide bonds. The molecule has 1 rings (SSSR count). The Labute approximate surface area is 88.9 Å². The number of aromatic nitrogens is 1. The van der Waals surface area contributed by atoms with E-state index in [1.54, 1.807) is 24.4 Å². The summed E-state index contributed by atoms with van der Waals surface area (Å²) in [6.45, 7) is 3.64. The highest BCUT2D eigenvalue weighted by Gasteiger charge is 2.04. The Morgan fingerprint density at radius 3 is 2.93 bits per heavy atom. The molecule has 1 unspecified atom stereocenters. The molecule has 0 bridgehead atoms. The van der Waals surface area contributed by atoms with Gasteiger partial charge in [-0.1, -0.05) is 6.08 Å². The summed E-state index contributed by atoms with van der Waals surface area (Å²) in [7, 11) is 0. The molecule has 0 spiro atoms. The van der Waals surface area contributed by atoms with Crippen LogP contribution in [0.15, 0.2) is 31.0 Å². The van der Waals surface area contributed by atoms with E-state index < -0.39 is 0 Å². The van der Waals surface area contributed by atoms with Gasteiger partial charge in [-0.15, -0.1) is 6.58 Å². The molecular weight excluding hydrogens is 190 g/mol. The molecule has 78 valence electrons. The van der Waals surface area contributed by atoms with Crippen LogP contribution in [0.4, 0.5) is 5.69 Å². The molecule has 4 nitrogen and oxygen atoms in total. The summed E-state index contributed by atoms with van der Waals surface area (Å²) in [6.07, 6.45) is 3.99. The average molecular weight is 203 g/mol. The van der Waals surface area contributed by atoms with Crippen molar-refractivity contribution in [1.29, 1.82) is 5.26 Å². The number of aliphatic hydroxyl groups is 1. The SMILES string of the molecule is C=CCC(CO)Nc1ccc(C#N)nc1. The average Bonchev–Trinajstić information content (AvgIpc) is 2.29. The van der Waals surface area contributed by atoms with E-state index in [1.807, 2.05) is 6.07 Å². The lowest BCUT2D eigenvalue weighted by atomic mass is 10.2. The van der Waals surface area contributed by atoms with Gasteiger partial charge in [0.2, 0.25) is 0 Å². The maximum Gasteiger partial charge on any atom is 0.140 e. The van der Waals surface area contributed by atoms with Gasteiger partial charge < -0.3 is 10.4 Å². The van der Waals surface area contributed by atoms with Gasteiger partial charge in [0.05, 0.1) is 24.5 Å². The van der Waals surface area contributed by atoms with Crippen molar-refractivity contribution in [3.63, 3.8) is 0 Å². The molecule has 0 radical (unpaired) electrons. The second-order valence-electron chi connectivity index (χ2n) is 3.09. The summed E-state index contributed by atoms with van der Waals surface area (Å²) in [5.41, 5.74) is 1.17. The molecule has 0 saturated carbocycles. The fourth-order valence-corrected chi connectivity index (χ4v) is 1.16. The first-order chi connectivity index (χ1) is 7.30. The highest BCUT2D eigenvalue weighted by molar-refractivity contribution is 5.43. The lowest BCUT2D eigenvalue weighted by Crippen LogP contribution is -2.22. The third kappa shape index (κ3) is 3.41. The summed E-state index contributed by atoms with van der Waals surface area (Å²) in [6, 6.07) is 5.27. The molecule has 0 saturated heterocycles. The monoisotopic (exact) mass is 203 g/mol. The normalized spacial score (nSPS) is 11.5. The summed E-state index contributed by atoms with van der Waals surface area (Å²) >= 11 is 0. The van der Waals surface area contributed by atoms with Crippen LogP contribution in [0.3, 0.4) is 0 Å². The largest absolute Gasteiger partial charge is 0.394 e. The summed E-state index contributed by atoms with van der Waals surface area (Å²) in [5.74, 6) is 0. The third-order valence-electron chi connectivity index (χ3n) is 1.92. The number of nitrogens with one attached hydrogen (secondary N) is 1. The fraction of sp³-hybridized carbons (Fsp3) is 0.273. The van der Waals surface area contributed by atoms with Gasteiger partial charge in [-0.25, -0.2) is 4.98 Å². The number of aliphatic hydroxyl groups excluding tert-OH is 1. The van der Waals surface area contributed by atoms with Gasteiger partial charge in [0.1, 0.15) is 11.8 Å². The number of hydrogen-bond acceptors (Lipinski definition) is 4. The van der Waals surface area contributed by atoms with E-state index in [2.05, 4.69) is 16.9 Å². The van der Waals surface area contributed by atoms with Gasteiger partial charge in [0.15, 0.2) is 0 Å². The number of anilines is 1. The third-order valence-corrected chi connectivity index (χ3v) is 1.92. The molecule has 1 aromatic rings. The molecule has 0 fully saturated rings. The molecule has 15 heavy (non-hydrogen) atoms. The van der Waals surface area contributed by atoms with Crippen molar-refractivity contribution >= 4 is 5.69 Å². The van der Waals surface area contributed by atoms with Gasteiger partial charge in [-0.2, -0.15) is 5.26 Å². The van der Waals surface area contributed by atoms with E-state index in [9.17, 15) is 0 Å². The van der Waals surface area contributed by atoms with Gasteiger partial charge in [0, 0.05) is 0 Å². The van der Waals surface area contributed by atoms with Gasteiger partial charge in [0.25, 0.3) is 0 Å². The first-order valence-corrected chi connectivity index (χ1v) is 4.64. The van der Waals surface area contributed by atoms with Crippen molar-refractivity contribution in [2.24, 2.45) is 0 Å². The molecule has 2 N–H and O–H groups in total. The van der Waals surface area contributed by atoms with Crippen LogP contribution in [0.5, 0.6) is 0 Å². The van der Waals surface area contributed by atoms with Crippen molar-refractivity contribution in [2.75, 3.05) is 11.9 Å². The van der Waals surface area contributed by atoms with Crippen LogP contribution in [0, 0.1) is 11.3 Å². The Kier molecular flexibility index (Phi) is 4.32. The maximum absolute atomic E-state index is 9.04. The Hall–Kier alpha value is -1.86. The van der Waals surface area contributed by atoms with Crippen LogP contribution in [0.1, 0.15) is 12.1 Å². The van der Waals surface area contributed by atoms with Crippen LogP contribution in [-0.4, -0.2) is 22.7 Å². The quantitative estimate of drug-likeness (QED) is 0.708. The van der Waals surface area contributed by atoms with E-state index in [4.69, 9.17) is 10.4 Å². The van der Waals surface area contributed by atoms with Crippen molar-refractivity contribution in [3.05, 3.63) is 36.7 Å². The Morgan fingerprint density at radius 1 is 1.67 bits per heavy atom. The van der Waals surface area contributed by atoms with Gasteiger partial charge >= 0.3 is 0 Å². The summed E-state index contributed by atoms with van der Waals surface area (Å²) < 4.78 is 0. The standard InChI is InChI=1S/C11H13N3O/c1-2-3-11(8-15)14-10-5-4-9(6-12)13-7-10/h2,4-5,7,11,14-15H,1,3,8H2. The second-order valence-corrected chi connectivity index (χ2v) is 3.09. The zero-order valence-electron chi connectivity index (χ0n) is 8.35. The van der Waals surface area contributed by atoms with Crippen LogP contribution in [0.2, 0.25) is 0 Å². The smallest absolute Gasteiger partial charge is 0.140 e. The van der Waals surface area contributed by atoms with Crippen LogP contribution in [-0.2, 0) is 0 Å². The molecule has 1 heterocycles. The number of pyridine rings is 1. The predicted octanol–water partition coefficient (Wildman–Crippen LogP) is 1.30. The summed E-state index contributed by atoms with van der Waals surface area (Å²) in [5, 5.41) is 20.7. The lowest BCUT2D eigenvalue weighted by Gasteiger charge is -2.15. The molecular formula is C11H13N3O. The number of rotatable bonds is 5. The highest BCUT2D eigenvalue weighted by atomic mass is 16.3. The minimum atomic E-state index is -0.0581. The van der Waals surface area contributed by atoms with Crippen LogP contribution < -0.4 is 5.32 Å². The lowest BCUT2D eigenvalue weighted by molar-refractivity contribution is 0.275. The van der Waals surface area contributed by atoms with Crippen molar-refractivity contribution in [1.82, 2.24) is 4.98 Å². The molecule has 4 heteroatoms. The maximum atomic E-state index is 9.04. The molecule has 0 aliphatic heterocycles. The number of hydrogen-bond donors (Lipinski definition) is 2. The highest BCUT2D eigenvalue weighted by Crippen LogP contribution is 2.08. The topological polar surface area (TPSA) is 68.9 Å². The first kappa shape index (κ1) is 11.2. The Morgan fingerprint density at radius 2 is 2.47 bits per heavy atom. The molecule has 0 aliphatic rings. The minimum Gasteiger partial charge on any atom is -0.394 e. The zero-order valence-corrected chi connectivity index (χ0v) is 8.35. The van der Waals surface area contributed by atoms with Gasteiger partial charge in [-0.3, -0.25) is 0 Å². The minimum absolute atomic E-state index is 0.0338. The van der Waals surface area contributed by atoms with Gasteiger partial charge in [-0.05, 0) is 18.6 Å². The molecule has 1 atom stereocenters. The predicted molar refractivity (Wildman–Crippen MR) is 58.3 cm³/mol. The van der Waals surface area contributed by atoms with Crippen molar-refractivity contribution in [3.8, 4) is 6.07 Å². The Balaban J connectivity index is 2.63. The zero-order chi connectivity index (χ0) is 11.1. The van der Waals surface area contributed by atoms with E-state index in [-0.39, 0.29) is 12.6 Å². The van der Waals surface area contributed by atoms with Crippen LogP contribution >= 0.6 is 0 Å². The second kappa shape index (κ2) is 5.78. The Bertz CT molecular complexity index is 353. The van der Waals surface area contributed by atoms with Crippen LogP contribution in [0.25, 0.3) is 0 Å².